The second-order valence-corrected chi connectivity index (χ2v) is 4.93. The molecule has 0 saturated heterocycles. The maximum atomic E-state index is 11.1. The van der Waals surface area contributed by atoms with E-state index < -0.39 is 5.97 Å². The van der Waals surface area contributed by atoms with E-state index in [2.05, 4.69) is 15.9 Å². The van der Waals surface area contributed by atoms with E-state index in [-0.39, 0.29) is 0 Å². The van der Waals surface area contributed by atoms with Crippen molar-refractivity contribution < 1.29 is 9.90 Å². The molecule has 1 fully saturated rings. The average molecular weight is 269 g/mol. The molecule has 0 atom stereocenters. The van der Waals surface area contributed by atoms with Crippen molar-refractivity contribution in [2.45, 2.75) is 31.6 Å². The topological polar surface area (TPSA) is 37.3 Å². The summed E-state index contributed by atoms with van der Waals surface area (Å²) in [6.45, 7) is 0. The first-order valence-corrected chi connectivity index (χ1v) is 6.00. The lowest BCUT2D eigenvalue weighted by Gasteiger charge is -2.13. The minimum Gasteiger partial charge on any atom is -0.478 e. The van der Waals surface area contributed by atoms with Gasteiger partial charge in [0.05, 0.1) is 5.56 Å². The molecule has 0 aliphatic heterocycles. The highest BCUT2D eigenvalue weighted by molar-refractivity contribution is 9.10. The standard InChI is InChI=1S/C12H13BrO2/c13-9-5-6-10(12(14)15)11(7-9)8-3-1-2-4-8/h5-8H,1-4H2,(H,14,15). The highest BCUT2D eigenvalue weighted by atomic mass is 79.9. The number of carbonyl (C=O) groups is 1. The number of halogens is 1. The van der Waals surface area contributed by atoms with Gasteiger partial charge < -0.3 is 5.11 Å². The largest absolute Gasteiger partial charge is 0.478 e. The lowest BCUT2D eigenvalue weighted by molar-refractivity contribution is 0.0695. The first-order valence-electron chi connectivity index (χ1n) is 5.21. The fraction of sp³-hybridized carbons (Fsp3) is 0.417. The molecule has 0 radical (unpaired) electrons. The number of hydrogen-bond acceptors (Lipinski definition) is 1. The van der Waals surface area contributed by atoms with Crippen molar-refractivity contribution in [3.8, 4) is 0 Å². The Labute approximate surface area is 97.4 Å². The van der Waals surface area contributed by atoms with Crippen LogP contribution >= 0.6 is 15.9 Å². The molecule has 0 heterocycles. The summed E-state index contributed by atoms with van der Waals surface area (Å²) in [4.78, 5) is 11.1. The highest BCUT2D eigenvalue weighted by Gasteiger charge is 2.22. The summed E-state index contributed by atoms with van der Waals surface area (Å²) in [6.07, 6.45) is 4.68. The van der Waals surface area contributed by atoms with Crippen LogP contribution in [0.3, 0.4) is 0 Å². The molecule has 1 saturated carbocycles. The first kappa shape index (κ1) is 10.7. The fourth-order valence-electron chi connectivity index (χ4n) is 2.30. The van der Waals surface area contributed by atoms with Gasteiger partial charge >= 0.3 is 5.97 Å². The number of benzene rings is 1. The smallest absolute Gasteiger partial charge is 0.335 e. The van der Waals surface area contributed by atoms with Gasteiger partial charge in [-0.25, -0.2) is 4.79 Å². The molecule has 0 aromatic heterocycles. The van der Waals surface area contributed by atoms with E-state index in [9.17, 15) is 4.79 Å². The molecular formula is C12H13BrO2. The predicted molar refractivity (Wildman–Crippen MR) is 62.3 cm³/mol. The zero-order valence-corrected chi connectivity index (χ0v) is 9.96. The average Bonchev–Trinajstić information content (AvgIpc) is 2.69. The van der Waals surface area contributed by atoms with Crippen LogP contribution in [0.15, 0.2) is 22.7 Å². The molecule has 3 heteroatoms. The number of carboxylic acids is 1. The molecule has 1 aromatic carbocycles. The van der Waals surface area contributed by atoms with Crippen LogP contribution in [-0.4, -0.2) is 11.1 Å². The number of carboxylic acid groups (broad SMARTS) is 1. The first-order chi connectivity index (χ1) is 7.18. The zero-order valence-electron chi connectivity index (χ0n) is 8.37. The Hall–Kier alpha value is -0.830. The minimum absolute atomic E-state index is 0.439. The molecule has 0 unspecified atom stereocenters. The van der Waals surface area contributed by atoms with Gasteiger partial charge in [-0.3, -0.25) is 0 Å². The Balaban J connectivity index is 2.41. The van der Waals surface area contributed by atoms with Gasteiger partial charge in [-0.1, -0.05) is 28.8 Å². The Morgan fingerprint density at radius 1 is 1.33 bits per heavy atom. The van der Waals surface area contributed by atoms with Gasteiger partial charge in [0.15, 0.2) is 0 Å². The van der Waals surface area contributed by atoms with Crippen molar-refractivity contribution in [2.75, 3.05) is 0 Å². The summed E-state index contributed by atoms with van der Waals surface area (Å²) in [6, 6.07) is 5.45. The monoisotopic (exact) mass is 268 g/mol. The molecule has 0 amide bonds. The van der Waals surface area contributed by atoms with Crippen molar-refractivity contribution in [1.82, 2.24) is 0 Å². The Morgan fingerprint density at radius 2 is 2.00 bits per heavy atom. The van der Waals surface area contributed by atoms with Crippen LogP contribution in [0.4, 0.5) is 0 Å². The third-order valence-electron chi connectivity index (χ3n) is 3.04. The van der Waals surface area contributed by atoms with Crippen LogP contribution in [0.5, 0.6) is 0 Å². The van der Waals surface area contributed by atoms with Crippen molar-refractivity contribution in [1.29, 1.82) is 0 Å². The third-order valence-corrected chi connectivity index (χ3v) is 3.53. The minimum atomic E-state index is -0.815. The summed E-state index contributed by atoms with van der Waals surface area (Å²) in [5.74, 6) is -0.377. The van der Waals surface area contributed by atoms with Gasteiger partial charge in [0, 0.05) is 4.47 Å². The predicted octanol–water partition coefficient (Wildman–Crippen LogP) is 3.80. The maximum absolute atomic E-state index is 11.1. The lowest BCUT2D eigenvalue weighted by Crippen LogP contribution is -2.05. The number of aromatic carboxylic acids is 1. The molecule has 1 aliphatic rings. The van der Waals surface area contributed by atoms with Gasteiger partial charge in [-0.05, 0) is 42.5 Å². The van der Waals surface area contributed by atoms with E-state index in [0.29, 0.717) is 11.5 Å². The van der Waals surface area contributed by atoms with Crippen LogP contribution in [0.25, 0.3) is 0 Å². The van der Waals surface area contributed by atoms with Gasteiger partial charge in [-0.15, -0.1) is 0 Å². The highest BCUT2D eigenvalue weighted by Crippen LogP contribution is 2.36. The van der Waals surface area contributed by atoms with Crippen molar-refractivity contribution in [3.63, 3.8) is 0 Å². The molecule has 80 valence electrons. The maximum Gasteiger partial charge on any atom is 0.335 e. The molecule has 2 rings (SSSR count). The summed E-state index contributed by atoms with van der Waals surface area (Å²) in [7, 11) is 0. The summed E-state index contributed by atoms with van der Waals surface area (Å²) < 4.78 is 0.967. The van der Waals surface area contributed by atoms with Crippen LogP contribution in [0.2, 0.25) is 0 Å². The van der Waals surface area contributed by atoms with Gasteiger partial charge in [0.2, 0.25) is 0 Å². The van der Waals surface area contributed by atoms with Crippen LogP contribution in [-0.2, 0) is 0 Å². The van der Waals surface area contributed by atoms with Crippen LogP contribution in [0.1, 0.15) is 47.5 Å². The summed E-state index contributed by atoms with van der Waals surface area (Å²) in [5.41, 5.74) is 1.46. The van der Waals surface area contributed by atoms with Gasteiger partial charge in [0.25, 0.3) is 0 Å². The van der Waals surface area contributed by atoms with E-state index in [1.54, 1.807) is 12.1 Å². The van der Waals surface area contributed by atoms with Gasteiger partial charge in [0.1, 0.15) is 0 Å². The summed E-state index contributed by atoms with van der Waals surface area (Å²) in [5, 5.41) is 9.10. The van der Waals surface area contributed by atoms with E-state index in [4.69, 9.17) is 5.11 Å². The van der Waals surface area contributed by atoms with Crippen molar-refractivity contribution in [3.05, 3.63) is 33.8 Å². The zero-order chi connectivity index (χ0) is 10.8. The summed E-state index contributed by atoms with van der Waals surface area (Å²) >= 11 is 3.40. The molecule has 0 bridgehead atoms. The van der Waals surface area contributed by atoms with Crippen molar-refractivity contribution in [2.24, 2.45) is 0 Å². The number of hydrogen-bond donors (Lipinski definition) is 1. The third kappa shape index (κ3) is 2.23. The van der Waals surface area contributed by atoms with E-state index >= 15 is 0 Å². The molecule has 2 nitrogen and oxygen atoms in total. The van der Waals surface area contributed by atoms with Crippen molar-refractivity contribution >= 4 is 21.9 Å². The lowest BCUT2D eigenvalue weighted by atomic mass is 9.93. The van der Waals surface area contributed by atoms with E-state index in [1.807, 2.05) is 6.07 Å². The second kappa shape index (κ2) is 4.35. The van der Waals surface area contributed by atoms with Crippen LogP contribution < -0.4 is 0 Å². The molecule has 0 spiro atoms. The van der Waals surface area contributed by atoms with Crippen LogP contribution in [0, 0.1) is 0 Å². The molecule has 1 aliphatic carbocycles. The molecule has 15 heavy (non-hydrogen) atoms. The Bertz CT molecular complexity index is 381. The molecule has 1 aromatic rings. The van der Waals surface area contributed by atoms with E-state index in [1.165, 1.54) is 12.8 Å². The Morgan fingerprint density at radius 3 is 2.60 bits per heavy atom. The SMILES string of the molecule is O=C(O)c1ccc(Br)cc1C1CCCC1. The second-order valence-electron chi connectivity index (χ2n) is 4.02. The fourth-order valence-corrected chi connectivity index (χ4v) is 2.68. The normalized spacial score (nSPS) is 16.9. The molecule has 1 N–H and O–H groups in total. The molecular weight excluding hydrogens is 256 g/mol. The van der Waals surface area contributed by atoms with Gasteiger partial charge in [-0.2, -0.15) is 0 Å². The van der Waals surface area contributed by atoms with E-state index in [0.717, 1.165) is 22.9 Å². The quantitative estimate of drug-likeness (QED) is 0.886. The Kier molecular flexibility index (Phi) is 3.10. The number of rotatable bonds is 2.